The maximum atomic E-state index is 9.03. The molecule has 0 aliphatic carbocycles. The van der Waals surface area contributed by atoms with E-state index in [0.717, 1.165) is 16.3 Å². The van der Waals surface area contributed by atoms with E-state index in [-0.39, 0.29) is 6.61 Å². The fourth-order valence-corrected chi connectivity index (χ4v) is 2.52. The smallest absolute Gasteiger partial charge is 0.230 e. The molecule has 0 amide bonds. The molecule has 24 heavy (non-hydrogen) atoms. The summed E-state index contributed by atoms with van der Waals surface area (Å²) in [7, 11) is 3.18. The second kappa shape index (κ2) is 6.80. The molecule has 0 saturated heterocycles. The Morgan fingerprint density at radius 3 is 2.67 bits per heavy atom. The topological polar surface area (TPSA) is 74.0 Å². The Labute approximate surface area is 139 Å². The molecular formula is C18H19NO5. The number of benzene rings is 1. The van der Waals surface area contributed by atoms with Crippen LogP contribution in [0.4, 0.5) is 0 Å². The van der Waals surface area contributed by atoms with Gasteiger partial charge in [-0.1, -0.05) is 0 Å². The van der Waals surface area contributed by atoms with Crippen molar-refractivity contribution in [2.45, 2.75) is 6.92 Å². The number of nitrogens with zero attached hydrogens (tertiary/aromatic N) is 1. The minimum Gasteiger partial charge on any atom is -0.495 e. The number of aliphatic hydroxyl groups is 1. The number of methoxy groups -OCH3 is 2. The maximum absolute atomic E-state index is 9.03. The molecule has 1 N–H and O–H groups in total. The standard InChI is InChI=1S/C18H19NO5/c1-11(10-20)6-8-23-14-5-4-12-15(17(14)22-3)19-18-13(7-9-24-18)16(12)21-2/h4-7,9,20H,8,10H2,1-3H3/b11-6-. The molecule has 2 heterocycles. The lowest BCUT2D eigenvalue weighted by Crippen LogP contribution is -2.00. The van der Waals surface area contributed by atoms with Crippen LogP contribution >= 0.6 is 0 Å². The van der Waals surface area contributed by atoms with Crippen molar-refractivity contribution in [1.82, 2.24) is 4.98 Å². The molecule has 6 heteroatoms. The molecule has 1 aromatic carbocycles. The Kier molecular flexibility index (Phi) is 4.57. The van der Waals surface area contributed by atoms with Gasteiger partial charge in [-0.2, -0.15) is 0 Å². The van der Waals surface area contributed by atoms with Crippen molar-refractivity contribution in [1.29, 1.82) is 0 Å². The lowest BCUT2D eigenvalue weighted by atomic mass is 10.1. The van der Waals surface area contributed by atoms with Gasteiger partial charge >= 0.3 is 0 Å². The van der Waals surface area contributed by atoms with Crippen molar-refractivity contribution in [3.63, 3.8) is 0 Å². The third-order valence-corrected chi connectivity index (χ3v) is 3.77. The number of aliphatic hydroxyl groups excluding tert-OH is 1. The number of pyridine rings is 1. The normalized spacial score (nSPS) is 11.9. The molecule has 3 aromatic rings. The Balaban J connectivity index is 2.11. The zero-order chi connectivity index (χ0) is 17.1. The van der Waals surface area contributed by atoms with Crippen molar-refractivity contribution in [2.24, 2.45) is 0 Å². The predicted molar refractivity (Wildman–Crippen MR) is 91.0 cm³/mol. The van der Waals surface area contributed by atoms with Gasteiger partial charge in [0.15, 0.2) is 11.5 Å². The summed E-state index contributed by atoms with van der Waals surface area (Å²) in [5, 5.41) is 10.7. The van der Waals surface area contributed by atoms with Crippen LogP contribution in [-0.4, -0.2) is 37.5 Å². The summed E-state index contributed by atoms with van der Waals surface area (Å²) in [4.78, 5) is 4.53. The molecule has 0 bridgehead atoms. The minimum absolute atomic E-state index is 0.00739. The molecule has 0 radical (unpaired) electrons. The number of aromatic nitrogens is 1. The summed E-state index contributed by atoms with van der Waals surface area (Å²) in [6, 6.07) is 5.52. The van der Waals surface area contributed by atoms with Gasteiger partial charge in [-0.15, -0.1) is 0 Å². The Morgan fingerprint density at radius 2 is 1.96 bits per heavy atom. The summed E-state index contributed by atoms with van der Waals surface area (Å²) in [5.41, 5.74) is 1.93. The van der Waals surface area contributed by atoms with Gasteiger partial charge in [0, 0.05) is 5.39 Å². The predicted octanol–water partition coefficient (Wildman–Crippen LogP) is 3.32. The van der Waals surface area contributed by atoms with Crippen molar-refractivity contribution in [3.05, 3.63) is 36.1 Å². The van der Waals surface area contributed by atoms with Crippen molar-refractivity contribution < 1.29 is 23.7 Å². The molecule has 0 unspecified atom stereocenters. The van der Waals surface area contributed by atoms with Gasteiger partial charge in [0.2, 0.25) is 5.71 Å². The Morgan fingerprint density at radius 1 is 1.17 bits per heavy atom. The van der Waals surface area contributed by atoms with Crippen LogP contribution in [0.1, 0.15) is 6.92 Å². The van der Waals surface area contributed by atoms with Crippen molar-refractivity contribution >= 4 is 22.0 Å². The van der Waals surface area contributed by atoms with E-state index in [9.17, 15) is 0 Å². The third-order valence-electron chi connectivity index (χ3n) is 3.77. The molecule has 0 aliphatic rings. The van der Waals surface area contributed by atoms with E-state index in [1.807, 2.05) is 31.2 Å². The van der Waals surface area contributed by atoms with E-state index < -0.39 is 0 Å². The lowest BCUT2D eigenvalue weighted by Gasteiger charge is -2.13. The number of hydrogen-bond acceptors (Lipinski definition) is 6. The lowest BCUT2D eigenvalue weighted by molar-refractivity contribution is 0.317. The van der Waals surface area contributed by atoms with Gasteiger partial charge in [0.1, 0.15) is 17.9 Å². The minimum atomic E-state index is 0.00739. The van der Waals surface area contributed by atoms with Crippen molar-refractivity contribution in [2.75, 3.05) is 27.4 Å². The molecule has 0 spiro atoms. The van der Waals surface area contributed by atoms with Crippen LogP contribution in [0.3, 0.4) is 0 Å². The van der Waals surface area contributed by atoms with E-state index in [2.05, 4.69) is 4.98 Å². The first-order valence-corrected chi connectivity index (χ1v) is 7.50. The number of hydrogen-bond donors (Lipinski definition) is 1. The molecule has 0 saturated carbocycles. The van der Waals surface area contributed by atoms with E-state index in [0.29, 0.717) is 35.1 Å². The molecule has 0 atom stereocenters. The van der Waals surface area contributed by atoms with Crippen LogP contribution in [0.5, 0.6) is 17.2 Å². The number of fused-ring (bicyclic) bond motifs is 2. The summed E-state index contributed by atoms with van der Waals surface area (Å²) in [6.07, 6.45) is 3.39. The van der Waals surface area contributed by atoms with Crippen LogP contribution < -0.4 is 14.2 Å². The maximum Gasteiger partial charge on any atom is 0.230 e. The highest BCUT2D eigenvalue weighted by Crippen LogP contribution is 2.41. The third kappa shape index (κ3) is 2.76. The van der Waals surface area contributed by atoms with E-state index in [1.165, 1.54) is 0 Å². The Bertz CT molecular complexity index is 897. The highest BCUT2D eigenvalue weighted by molar-refractivity contribution is 6.02. The first kappa shape index (κ1) is 16.1. The van der Waals surface area contributed by atoms with Crippen LogP contribution in [0, 0.1) is 0 Å². The first-order valence-electron chi connectivity index (χ1n) is 7.50. The molecule has 126 valence electrons. The number of rotatable bonds is 6. The fraction of sp³-hybridized carbons (Fsp3) is 0.278. The quantitative estimate of drug-likeness (QED) is 0.699. The molecule has 2 aromatic heterocycles. The second-order valence-electron chi connectivity index (χ2n) is 5.30. The molecule has 0 fully saturated rings. The average Bonchev–Trinajstić information content (AvgIpc) is 3.07. The van der Waals surface area contributed by atoms with Gasteiger partial charge in [0.05, 0.1) is 32.5 Å². The number of furan rings is 1. The monoisotopic (exact) mass is 329 g/mol. The van der Waals surface area contributed by atoms with E-state index in [1.54, 1.807) is 20.5 Å². The van der Waals surface area contributed by atoms with Crippen LogP contribution in [0.25, 0.3) is 22.0 Å². The van der Waals surface area contributed by atoms with E-state index >= 15 is 0 Å². The van der Waals surface area contributed by atoms with Gasteiger partial charge in [-0.3, -0.25) is 0 Å². The van der Waals surface area contributed by atoms with Crippen molar-refractivity contribution in [3.8, 4) is 17.2 Å². The molecule has 6 nitrogen and oxygen atoms in total. The molecule has 3 rings (SSSR count). The van der Waals surface area contributed by atoms with Gasteiger partial charge in [-0.05, 0) is 36.8 Å². The molecular weight excluding hydrogens is 310 g/mol. The molecule has 0 aliphatic heterocycles. The van der Waals surface area contributed by atoms with Gasteiger partial charge < -0.3 is 23.7 Å². The first-order chi connectivity index (χ1) is 11.7. The summed E-state index contributed by atoms with van der Waals surface area (Å²) >= 11 is 0. The van der Waals surface area contributed by atoms with Crippen LogP contribution in [0.2, 0.25) is 0 Å². The SMILES string of the molecule is COc1c2ccoc2nc2c(OC)c(OC/C=C(/C)CO)ccc12. The Hall–Kier alpha value is -2.73. The van der Waals surface area contributed by atoms with Crippen LogP contribution in [-0.2, 0) is 0 Å². The number of ether oxygens (including phenoxy) is 3. The fourth-order valence-electron chi connectivity index (χ4n) is 2.52. The van der Waals surface area contributed by atoms with Gasteiger partial charge in [-0.25, -0.2) is 4.98 Å². The van der Waals surface area contributed by atoms with Gasteiger partial charge in [0.25, 0.3) is 0 Å². The summed E-state index contributed by atoms with van der Waals surface area (Å²) in [6.45, 7) is 2.17. The largest absolute Gasteiger partial charge is 0.495 e. The summed E-state index contributed by atoms with van der Waals surface area (Å²) in [5.74, 6) is 1.76. The van der Waals surface area contributed by atoms with E-state index in [4.69, 9.17) is 23.7 Å². The highest BCUT2D eigenvalue weighted by atomic mass is 16.5. The average molecular weight is 329 g/mol. The van der Waals surface area contributed by atoms with Crippen LogP contribution in [0.15, 0.2) is 40.5 Å². The highest BCUT2D eigenvalue weighted by Gasteiger charge is 2.18. The zero-order valence-corrected chi connectivity index (χ0v) is 13.8. The second-order valence-corrected chi connectivity index (χ2v) is 5.30. The summed E-state index contributed by atoms with van der Waals surface area (Å²) < 4.78 is 22.2. The zero-order valence-electron chi connectivity index (χ0n) is 13.8.